The fourth-order valence-corrected chi connectivity index (χ4v) is 1.54. The highest BCUT2D eigenvalue weighted by Crippen LogP contribution is 2.19. The minimum atomic E-state index is -0.482. The zero-order chi connectivity index (χ0) is 12.4. The topological polar surface area (TPSA) is 81.2 Å². The summed E-state index contributed by atoms with van der Waals surface area (Å²) in [5.41, 5.74) is 7.75. The Kier molecular flexibility index (Phi) is 3.10. The van der Waals surface area contributed by atoms with E-state index in [4.69, 9.17) is 10.2 Å². The normalized spacial score (nSPS) is 12.6. The number of nitrogens with zero attached hydrogens (tertiary/aromatic N) is 1. The standard InChI is InChI=1S/C12H15N3O2/c1-3-9(13)12(16)15-8-4-5-11-10(6-8)14-7(2)17-11/h4-6,9H,3,13H2,1-2H3,(H,15,16). The highest BCUT2D eigenvalue weighted by atomic mass is 16.3. The molecule has 1 atom stereocenters. The van der Waals surface area contributed by atoms with Crippen LogP contribution in [0, 0.1) is 6.92 Å². The largest absolute Gasteiger partial charge is 0.441 e. The van der Waals surface area contributed by atoms with E-state index in [9.17, 15) is 4.79 Å². The SMILES string of the molecule is CCC(N)C(=O)Nc1ccc2oc(C)nc2c1. The fraction of sp³-hybridized carbons (Fsp3) is 0.333. The molecule has 0 spiro atoms. The van der Waals surface area contributed by atoms with Crippen LogP contribution in [-0.4, -0.2) is 16.9 Å². The Labute approximate surface area is 99.0 Å². The summed E-state index contributed by atoms with van der Waals surface area (Å²) in [6, 6.07) is 4.84. The molecule has 0 aliphatic carbocycles. The molecule has 0 aliphatic heterocycles. The molecule has 5 nitrogen and oxygen atoms in total. The second-order valence-corrected chi connectivity index (χ2v) is 3.92. The van der Waals surface area contributed by atoms with Crippen molar-refractivity contribution < 1.29 is 9.21 Å². The van der Waals surface area contributed by atoms with Gasteiger partial charge in [0.05, 0.1) is 6.04 Å². The van der Waals surface area contributed by atoms with Gasteiger partial charge in [-0.15, -0.1) is 0 Å². The van der Waals surface area contributed by atoms with Crippen LogP contribution < -0.4 is 11.1 Å². The first kappa shape index (κ1) is 11.6. The van der Waals surface area contributed by atoms with E-state index in [-0.39, 0.29) is 5.91 Å². The van der Waals surface area contributed by atoms with E-state index < -0.39 is 6.04 Å². The predicted molar refractivity (Wildman–Crippen MR) is 65.6 cm³/mol. The smallest absolute Gasteiger partial charge is 0.241 e. The van der Waals surface area contributed by atoms with Crippen molar-refractivity contribution in [2.24, 2.45) is 5.73 Å². The Morgan fingerprint density at radius 1 is 1.59 bits per heavy atom. The summed E-state index contributed by atoms with van der Waals surface area (Å²) in [7, 11) is 0. The Balaban J connectivity index is 2.22. The summed E-state index contributed by atoms with van der Waals surface area (Å²) >= 11 is 0. The van der Waals surface area contributed by atoms with Crippen LogP contribution in [-0.2, 0) is 4.79 Å². The molecular weight excluding hydrogens is 218 g/mol. The maximum absolute atomic E-state index is 11.6. The number of nitrogens with one attached hydrogen (secondary N) is 1. The molecule has 1 aromatic heterocycles. The number of aromatic nitrogens is 1. The third-order valence-corrected chi connectivity index (χ3v) is 2.54. The molecule has 0 aliphatic rings. The van der Waals surface area contributed by atoms with Gasteiger partial charge in [0, 0.05) is 12.6 Å². The Bertz CT molecular complexity index is 548. The lowest BCUT2D eigenvalue weighted by Gasteiger charge is -2.09. The van der Waals surface area contributed by atoms with E-state index in [1.54, 1.807) is 25.1 Å². The van der Waals surface area contributed by atoms with E-state index in [0.717, 1.165) is 5.52 Å². The van der Waals surface area contributed by atoms with Crippen LogP contribution in [0.25, 0.3) is 11.1 Å². The van der Waals surface area contributed by atoms with E-state index in [1.807, 2.05) is 6.92 Å². The zero-order valence-corrected chi connectivity index (χ0v) is 9.86. The van der Waals surface area contributed by atoms with Crippen molar-refractivity contribution in [2.45, 2.75) is 26.3 Å². The first-order chi connectivity index (χ1) is 8.10. The van der Waals surface area contributed by atoms with Gasteiger partial charge in [0.15, 0.2) is 11.5 Å². The van der Waals surface area contributed by atoms with Crippen LogP contribution in [0.1, 0.15) is 19.2 Å². The molecule has 0 saturated carbocycles. The quantitative estimate of drug-likeness (QED) is 0.847. The number of nitrogens with two attached hydrogens (primary N) is 1. The average Bonchev–Trinajstić information content (AvgIpc) is 2.67. The van der Waals surface area contributed by atoms with Crippen LogP contribution in [0.4, 0.5) is 5.69 Å². The van der Waals surface area contributed by atoms with Gasteiger partial charge in [-0.25, -0.2) is 4.98 Å². The fourth-order valence-electron chi connectivity index (χ4n) is 1.54. The molecule has 0 bridgehead atoms. The van der Waals surface area contributed by atoms with Crippen molar-refractivity contribution >= 4 is 22.7 Å². The van der Waals surface area contributed by atoms with Gasteiger partial charge in [0.2, 0.25) is 5.91 Å². The highest BCUT2D eigenvalue weighted by molar-refractivity contribution is 5.96. The summed E-state index contributed by atoms with van der Waals surface area (Å²) in [6.07, 6.45) is 0.608. The van der Waals surface area contributed by atoms with Gasteiger partial charge in [-0.3, -0.25) is 4.79 Å². The van der Waals surface area contributed by atoms with Gasteiger partial charge < -0.3 is 15.5 Å². The number of hydrogen-bond acceptors (Lipinski definition) is 4. The van der Waals surface area contributed by atoms with E-state index in [2.05, 4.69) is 10.3 Å². The van der Waals surface area contributed by atoms with E-state index in [0.29, 0.717) is 23.6 Å². The van der Waals surface area contributed by atoms with Crippen molar-refractivity contribution in [1.29, 1.82) is 0 Å². The summed E-state index contributed by atoms with van der Waals surface area (Å²) in [4.78, 5) is 15.8. The number of amides is 1. The molecule has 3 N–H and O–H groups in total. The van der Waals surface area contributed by atoms with Gasteiger partial charge in [-0.05, 0) is 24.6 Å². The molecular formula is C12H15N3O2. The molecule has 90 valence electrons. The number of carbonyl (C=O) groups is 1. The summed E-state index contributed by atoms with van der Waals surface area (Å²) in [6.45, 7) is 3.65. The molecule has 5 heteroatoms. The van der Waals surface area contributed by atoms with Gasteiger partial charge in [-0.2, -0.15) is 0 Å². The third kappa shape index (κ3) is 2.45. The lowest BCUT2D eigenvalue weighted by molar-refractivity contribution is -0.117. The van der Waals surface area contributed by atoms with Crippen molar-refractivity contribution in [1.82, 2.24) is 4.98 Å². The van der Waals surface area contributed by atoms with Gasteiger partial charge in [0.1, 0.15) is 5.52 Å². The molecule has 2 aromatic rings. The van der Waals surface area contributed by atoms with Crippen molar-refractivity contribution in [3.8, 4) is 0 Å². The number of benzene rings is 1. The third-order valence-electron chi connectivity index (χ3n) is 2.54. The molecule has 0 fully saturated rings. The van der Waals surface area contributed by atoms with Crippen LogP contribution in [0.3, 0.4) is 0 Å². The van der Waals surface area contributed by atoms with Gasteiger partial charge >= 0.3 is 0 Å². The van der Waals surface area contributed by atoms with E-state index in [1.165, 1.54) is 0 Å². The summed E-state index contributed by atoms with van der Waals surface area (Å²) < 4.78 is 5.35. The second kappa shape index (κ2) is 4.55. The minimum Gasteiger partial charge on any atom is -0.441 e. The van der Waals surface area contributed by atoms with Gasteiger partial charge in [0.25, 0.3) is 0 Å². The number of aryl methyl sites for hydroxylation is 1. The monoisotopic (exact) mass is 233 g/mol. The number of hydrogen-bond donors (Lipinski definition) is 2. The Hall–Kier alpha value is -1.88. The number of anilines is 1. The van der Waals surface area contributed by atoms with Crippen molar-refractivity contribution in [2.75, 3.05) is 5.32 Å². The maximum Gasteiger partial charge on any atom is 0.241 e. The zero-order valence-electron chi connectivity index (χ0n) is 9.86. The molecule has 2 rings (SSSR count). The molecule has 1 heterocycles. The van der Waals surface area contributed by atoms with Crippen LogP contribution >= 0.6 is 0 Å². The first-order valence-corrected chi connectivity index (χ1v) is 5.53. The number of fused-ring (bicyclic) bond motifs is 1. The van der Waals surface area contributed by atoms with Crippen LogP contribution in [0.5, 0.6) is 0 Å². The lowest BCUT2D eigenvalue weighted by atomic mass is 10.2. The molecule has 0 saturated heterocycles. The Morgan fingerprint density at radius 3 is 3.06 bits per heavy atom. The number of carbonyl (C=O) groups excluding carboxylic acids is 1. The molecule has 1 amide bonds. The number of rotatable bonds is 3. The molecule has 17 heavy (non-hydrogen) atoms. The van der Waals surface area contributed by atoms with Crippen molar-refractivity contribution in [3.63, 3.8) is 0 Å². The van der Waals surface area contributed by atoms with Crippen LogP contribution in [0.2, 0.25) is 0 Å². The summed E-state index contributed by atoms with van der Waals surface area (Å²) in [5, 5.41) is 2.75. The summed E-state index contributed by atoms with van der Waals surface area (Å²) in [5.74, 6) is 0.417. The highest BCUT2D eigenvalue weighted by Gasteiger charge is 2.11. The molecule has 0 radical (unpaired) electrons. The van der Waals surface area contributed by atoms with Crippen molar-refractivity contribution in [3.05, 3.63) is 24.1 Å². The maximum atomic E-state index is 11.6. The Morgan fingerprint density at radius 2 is 2.35 bits per heavy atom. The number of oxazole rings is 1. The molecule has 1 aromatic carbocycles. The lowest BCUT2D eigenvalue weighted by Crippen LogP contribution is -2.34. The first-order valence-electron chi connectivity index (χ1n) is 5.53. The van der Waals surface area contributed by atoms with E-state index >= 15 is 0 Å². The average molecular weight is 233 g/mol. The second-order valence-electron chi connectivity index (χ2n) is 3.92. The van der Waals surface area contributed by atoms with Gasteiger partial charge in [-0.1, -0.05) is 6.92 Å². The van der Waals surface area contributed by atoms with Crippen LogP contribution in [0.15, 0.2) is 22.6 Å². The predicted octanol–water partition coefficient (Wildman–Crippen LogP) is 1.81. The minimum absolute atomic E-state index is 0.188. The molecule has 1 unspecified atom stereocenters.